The van der Waals surface area contributed by atoms with Crippen molar-refractivity contribution in [2.75, 3.05) is 12.3 Å². The van der Waals surface area contributed by atoms with Crippen LogP contribution < -0.4 is 5.73 Å². The van der Waals surface area contributed by atoms with E-state index in [4.69, 9.17) is 9.92 Å². The van der Waals surface area contributed by atoms with Crippen LogP contribution >= 0.6 is 24.4 Å². The summed E-state index contributed by atoms with van der Waals surface area (Å²) in [5.41, 5.74) is 5.22. The first-order valence-corrected chi connectivity index (χ1v) is 4.24. The minimum atomic E-state index is -0.165. The molecule has 0 saturated heterocycles. The molecule has 5 heteroatoms. The van der Waals surface area contributed by atoms with Crippen molar-refractivity contribution in [3.05, 3.63) is 0 Å². The first kappa shape index (κ1) is 13.6. The summed E-state index contributed by atoms with van der Waals surface area (Å²) < 4.78 is 4.72. The van der Waals surface area contributed by atoms with Crippen LogP contribution in [-0.4, -0.2) is 18.3 Å². The van der Waals surface area contributed by atoms with E-state index in [0.29, 0.717) is 13.0 Å². The number of rotatable bonds is 5. The molecule has 3 nitrogen and oxygen atoms in total. The fourth-order valence-electron chi connectivity index (χ4n) is 0.309. The van der Waals surface area contributed by atoms with Gasteiger partial charge in [0.15, 0.2) is 0 Å². The van der Waals surface area contributed by atoms with Gasteiger partial charge in [-0.05, 0) is 13.0 Å². The van der Waals surface area contributed by atoms with E-state index in [2.05, 4.69) is 0 Å². The summed E-state index contributed by atoms with van der Waals surface area (Å²) in [6.07, 6.45) is 1.33. The van der Waals surface area contributed by atoms with Crippen molar-refractivity contribution in [3.8, 4) is 0 Å². The SMILES string of the molecule is CCC(=O)OSCCCN.Cl. The molecule has 11 heavy (non-hydrogen) atoms. The maximum Gasteiger partial charge on any atom is 0.317 e. The topological polar surface area (TPSA) is 52.3 Å². The average Bonchev–Trinajstić information content (AvgIpc) is 1.98. The van der Waals surface area contributed by atoms with Crippen molar-refractivity contribution < 1.29 is 8.98 Å². The second-order valence-corrected chi connectivity index (χ2v) is 2.58. The molecule has 0 aliphatic heterocycles. The molecule has 0 aliphatic rings. The minimum absolute atomic E-state index is 0. The Morgan fingerprint density at radius 3 is 2.73 bits per heavy atom. The Morgan fingerprint density at radius 1 is 1.64 bits per heavy atom. The Hall–Kier alpha value is 0.0700. The average molecular weight is 200 g/mol. The molecule has 0 rings (SSSR count). The number of hydrogen-bond donors (Lipinski definition) is 1. The van der Waals surface area contributed by atoms with E-state index in [-0.39, 0.29) is 18.4 Å². The molecular formula is C6H14ClNO2S. The number of hydrogen-bond acceptors (Lipinski definition) is 4. The Balaban J connectivity index is 0. The molecule has 0 radical (unpaired) electrons. The summed E-state index contributed by atoms with van der Waals surface area (Å²) >= 11 is 1.18. The van der Waals surface area contributed by atoms with Gasteiger partial charge in [0.2, 0.25) is 0 Å². The maximum atomic E-state index is 10.5. The van der Waals surface area contributed by atoms with Crippen LogP contribution in [0.1, 0.15) is 19.8 Å². The van der Waals surface area contributed by atoms with E-state index in [1.54, 1.807) is 6.92 Å². The highest BCUT2D eigenvalue weighted by Gasteiger charge is 1.97. The zero-order valence-electron chi connectivity index (χ0n) is 6.54. The van der Waals surface area contributed by atoms with Gasteiger partial charge in [-0.3, -0.25) is 4.79 Å². The van der Waals surface area contributed by atoms with E-state index in [1.807, 2.05) is 0 Å². The van der Waals surface area contributed by atoms with Gasteiger partial charge in [0.05, 0.1) is 12.0 Å². The van der Waals surface area contributed by atoms with Crippen LogP contribution in [0.4, 0.5) is 0 Å². The molecule has 0 aromatic carbocycles. The molecule has 0 spiro atoms. The predicted octanol–water partition coefficient (Wildman–Crippen LogP) is 1.36. The van der Waals surface area contributed by atoms with Gasteiger partial charge >= 0.3 is 5.97 Å². The summed E-state index contributed by atoms with van der Waals surface area (Å²) in [7, 11) is 0. The van der Waals surface area contributed by atoms with Gasteiger partial charge in [0.25, 0.3) is 0 Å². The van der Waals surface area contributed by atoms with Crippen molar-refractivity contribution in [2.45, 2.75) is 19.8 Å². The molecule has 0 unspecified atom stereocenters. The van der Waals surface area contributed by atoms with Gasteiger partial charge < -0.3 is 9.92 Å². The monoisotopic (exact) mass is 199 g/mol. The maximum absolute atomic E-state index is 10.5. The first-order valence-electron chi connectivity index (χ1n) is 3.33. The summed E-state index contributed by atoms with van der Waals surface area (Å²) in [6.45, 7) is 2.42. The van der Waals surface area contributed by atoms with Gasteiger partial charge in [-0.2, -0.15) is 0 Å². The number of halogens is 1. The van der Waals surface area contributed by atoms with E-state index in [0.717, 1.165) is 12.2 Å². The first-order chi connectivity index (χ1) is 4.81. The van der Waals surface area contributed by atoms with Gasteiger partial charge in [0, 0.05) is 12.2 Å². The number of carbonyl (C=O) groups is 1. The van der Waals surface area contributed by atoms with E-state index >= 15 is 0 Å². The van der Waals surface area contributed by atoms with Gasteiger partial charge in [-0.15, -0.1) is 12.4 Å². The number of nitrogens with two attached hydrogens (primary N) is 1. The van der Waals surface area contributed by atoms with Crippen molar-refractivity contribution in [1.29, 1.82) is 0 Å². The quantitative estimate of drug-likeness (QED) is 0.537. The molecule has 0 aromatic rings. The summed E-state index contributed by atoms with van der Waals surface area (Å²) in [4.78, 5) is 10.5. The van der Waals surface area contributed by atoms with Crippen molar-refractivity contribution >= 4 is 30.4 Å². The standard InChI is InChI=1S/C6H13NO2S.ClH/c1-2-6(8)9-10-5-3-4-7;/h2-5,7H2,1H3;1H. The lowest BCUT2D eigenvalue weighted by Gasteiger charge is -1.98. The van der Waals surface area contributed by atoms with E-state index in [1.165, 1.54) is 12.0 Å². The second-order valence-electron chi connectivity index (χ2n) is 1.77. The van der Waals surface area contributed by atoms with Crippen LogP contribution in [0.3, 0.4) is 0 Å². The summed E-state index contributed by atoms with van der Waals surface area (Å²) in [6, 6.07) is 0. The van der Waals surface area contributed by atoms with Gasteiger partial charge in [-0.25, -0.2) is 0 Å². The molecule has 68 valence electrons. The Labute approximate surface area is 77.7 Å². The normalized spacial score (nSPS) is 8.55. The fraction of sp³-hybridized carbons (Fsp3) is 0.833. The molecule has 0 atom stereocenters. The largest absolute Gasteiger partial charge is 0.391 e. The molecule has 0 aliphatic carbocycles. The third-order valence-corrected chi connectivity index (χ3v) is 1.63. The van der Waals surface area contributed by atoms with Crippen LogP contribution in [-0.2, 0) is 8.98 Å². The highest BCUT2D eigenvalue weighted by Crippen LogP contribution is 2.04. The lowest BCUT2D eigenvalue weighted by molar-refractivity contribution is -0.132. The molecule has 2 N–H and O–H groups in total. The molecule has 0 bridgehead atoms. The van der Waals surface area contributed by atoms with E-state index < -0.39 is 0 Å². The highest BCUT2D eigenvalue weighted by molar-refractivity contribution is 7.95. The molecule has 0 amide bonds. The lowest BCUT2D eigenvalue weighted by atomic mass is 10.5. The highest BCUT2D eigenvalue weighted by atomic mass is 35.5. The molecule has 0 heterocycles. The fourth-order valence-corrected chi connectivity index (χ4v) is 0.926. The van der Waals surface area contributed by atoms with Crippen LogP contribution in [0.15, 0.2) is 0 Å². The summed E-state index contributed by atoms with van der Waals surface area (Å²) in [5, 5.41) is 0. The smallest absolute Gasteiger partial charge is 0.317 e. The van der Waals surface area contributed by atoms with Gasteiger partial charge in [-0.1, -0.05) is 6.92 Å². The summed E-state index contributed by atoms with van der Waals surface area (Å²) in [5.74, 6) is 0.629. The zero-order chi connectivity index (χ0) is 7.82. The number of carbonyl (C=O) groups excluding carboxylic acids is 1. The third kappa shape index (κ3) is 10.1. The van der Waals surface area contributed by atoms with Crippen molar-refractivity contribution in [3.63, 3.8) is 0 Å². The Morgan fingerprint density at radius 2 is 2.27 bits per heavy atom. The van der Waals surface area contributed by atoms with E-state index in [9.17, 15) is 4.79 Å². The minimum Gasteiger partial charge on any atom is -0.391 e. The molecule has 0 fully saturated rings. The molecular weight excluding hydrogens is 186 g/mol. The van der Waals surface area contributed by atoms with Gasteiger partial charge in [0.1, 0.15) is 0 Å². The van der Waals surface area contributed by atoms with Crippen LogP contribution in [0.25, 0.3) is 0 Å². The molecule has 0 aromatic heterocycles. The molecule has 0 saturated carbocycles. The Bertz CT molecular complexity index is 103. The van der Waals surface area contributed by atoms with Crippen LogP contribution in [0.2, 0.25) is 0 Å². The zero-order valence-corrected chi connectivity index (χ0v) is 8.17. The Kier molecular flexibility index (Phi) is 12.5. The van der Waals surface area contributed by atoms with Crippen molar-refractivity contribution in [2.24, 2.45) is 5.73 Å². The second kappa shape index (κ2) is 10.1. The van der Waals surface area contributed by atoms with Crippen molar-refractivity contribution in [1.82, 2.24) is 0 Å². The van der Waals surface area contributed by atoms with Crippen LogP contribution in [0.5, 0.6) is 0 Å². The van der Waals surface area contributed by atoms with Crippen LogP contribution in [0, 0.1) is 0 Å². The predicted molar refractivity (Wildman–Crippen MR) is 49.8 cm³/mol. The lowest BCUT2D eigenvalue weighted by Crippen LogP contribution is -2.01. The third-order valence-electron chi connectivity index (χ3n) is 0.872.